The third kappa shape index (κ3) is 3.17. The topological polar surface area (TPSA) is 73.6 Å². The first-order valence-corrected chi connectivity index (χ1v) is 7.47. The van der Waals surface area contributed by atoms with Gasteiger partial charge in [-0.2, -0.15) is 0 Å². The maximum atomic E-state index is 12.3. The molecule has 3 aromatic rings. The fourth-order valence-electron chi connectivity index (χ4n) is 2.46. The molecule has 0 aliphatic heterocycles. The van der Waals surface area contributed by atoms with Crippen LogP contribution in [0, 0.1) is 6.92 Å². The van der Waals surface area contributed by atoms with E-state index in [4.69, 9.17) is 13.9 Å². The van der Waals surface area contributed by atoms with Crippen molar-refractivity contribution in [2.24, 2.45) is 0 Å². The number of carbonyl (C=O) groups excluding carboxylic acids is 1. The monoisotopic (exact) mass is 326 g/mol. The highest BCUT2D eigenvalue weighted by atomic mass is 16.5. The molecule has 24 heavy (non-hydrogen) atoms. The highest BCUT2D eigenvalue weighted by molar-refractivity contribution is 5.94. The first-order valence-electron chi connectivity index (χ1n) is 7.47. The largest absolute Gasteiger partial charge is 0.493 e. The van der Waals surface area contributed by atoms with Crippen molar-refractivity contribution in [2.75, 3.05) is 14.2 Å². The second-order valence-corrected chi connectivity index (χ2v) is 5.29. The van der Waals surface area contributed by atoms with Crippen LogP contribution in [-0.2, 0) is 6.54 Å². The van der Waals surface area contributed by atoms with Crippen molar-refractivity contribution < 1.29 is 18.7 Å². The highest BCUT2D eigenvalue weighted by Crippen LogP contribution is 2.27. The zero-order valence-electron chi connectivity index (χ0n) is 13.8. The van der Waals surface area contributed by atoms with Gasteiger partial charge in [0.15, 0.2) is 23.0 Å². The van der Waals surface area contributed by atoms with Crippen LogP contribution in [0.15, 0.2) is 40.8 Å². The minimum atomic E-state index is -0.188. The average molecular weight is 326 g/mol. The number of methoxy groups -OCH3 is 2. The van der Waals surface area contributed by atoms with Gasteiger partial charge in [0.2, 0.25) is 0 Å². The molecule has 0 bridgehead atoms. The van der Waals surface area contributed by atoms with Gasteiger partial charge in [-0.25, -0.2) is 4.98 Å². The molecule has 6 heteroatoms. The van der Waals surface area contributed by atoms with Crippen LogP contribution >= 0.6 is 0 Å². The molecule has 1 heterocycles. The van der Waals surface area contributed by atoms with Gasteiger partial charge in [0, 0.05) is 19.0 Å². The van der Waals surface area contributed by atoms with E-state index in [2.05, 4.69) is 10.3 Å². The van der Waals surface area contributed by atoms with Crippen molar-refractivity contribution >= 4 is 17.0 Å². The van der Waals surface area contributed by atoms with E-state index in [0.29, 0.717) is 29.5 Å². The molecule has 0 saturated heterocycles. The molecule has 2 aromatic carbocycles. The molecule has 0 radical (unpaired) electrons. The van der Waals surface area contributed by atoms with Crippen molar-refractivity contribution in [3.8, 4) is 11.5 Å². The molecule has 3 rings (SSSR count). The van der Waals surface area contributed by atoms with Crippen molar-refractivity contribution in [2.45, 2.75) is 13.5 Å². The van der Waals surface area contributed by atoms with Gasteiger partial charge in [0.05, 0.1) is 14.2 Å². The van der Waals surface area contributed by atoms with E-state index in [0.717, 1.165) is 16.7 Å². The number of nitrogens with zero attached hydrogens (tertiary/aromatic N) is 1. The number of hydrogen-bond acceptors (Lipinski definition) is 5. The van der Waals surface area contributed by atoms with Gasteiger partial charge in [-0.1, -0.05) is 6.07 Å². The number of nitrogens with one attached hydrogen (secondary N) is 1. The first-order chi connectivity index (χ1) is 11.6. The summed E-state index contributed by atoms with van der Waals surface area (Å²) in [6.45, 7) is 2.20. The molecular weight excluding hydrogens is 308 g/mol. The second kappa shape index (κ2) is 6.62. The number of ether oxygens (including phenoxy) is 2. The number of amides is 1. The molecule has 0 atom stereocenters. The standard InChI is InChI=1S/C18H18N2O4/c1-11-20-14-8-12(4-6-15(14)24-11)10-19-18(21)13-5-7-16(22-2)17(9-13)23-3/h4-9H,10H2,1-3H3,(H,19,21). The van der Waals surface area contributed by atoms with E-state index in [1.807, 2.05) is 18.2 Å². The molecule has 0 saturated carbocycles. The summed E-state index contributed by atoms with van der Waals surface area (Å²) in [5.74, 6) is 1.54. The van der Waals surface area contributed by atoms with E-state index < -0.39 is 0 Å². The van der Waals surface area contributed by atoms with Crippen molar-refractivity contribution in [3.05, 3.63) is 53.4 Å². The smallest absolute Gasteiger partial charge is 0.251 e. The van der Waals surface area contributed by atoms with Crippen LogP contribution in [-0.4, -0.2) is 25.1 Å². The van der Waals surface area contributed by atoms with Crippen molar-refractivity contribution in [3.63, 3.8) is 0 Å². The van der Waals surface area contributed by atoms with E-state index in [1.165, 1.54) is 7.11 Å². The first kappa shape index (κ1) is 15.9. The van der Waals surface area contributed by atoms with Gasteiger partial charge in [0.1, 0.15) is 5.52 Å². The Morgan fingerprint density at radius 3 is 2.67 bits per heavy atom. The predicted molar refractivity (Wildman–Crippen MR) is 89.5 cm³/mol. The number of oxazole rings is 1. The SMILES string of the molecule is COc1ccc(C(=O)NCc2ccc3oc(C)nc3c2)cc1OC. The normalized spacial score (nSPS) is 10.6. The summed E-state index contributed by atoms with van der Waals surface area (Å²) in [6.07, 6.45) is 0. The third-order valence-electron chi connectivity index (χ3n) is 3.66. The van der Waals surface area contributed by atoms with Gasteiger partial charge >= 0.3 is 0 Å². The highest BCUT2D eigenvalue weighted by Gasteiger charge is 2.11. The maximum absolute atomic E-state index is 12.3. The number of hydrogen-bond donors (Lipinski definition) is 1. The lowest BCUT2D eigenvalue weighted by atomic mass is 10.1. The van der Waals surface area contributed by atoms with Crippen LogP contribution in [0.3, 0.4) is 0 Å². The minimum Gasteiger partial charge on any atom is -0.493 e. The average Bonchev–Trinajstić information content (AvgIpc) is 2.98. The van der Waals surface area contributed by atoms with E-state index in [9.17, 15) is 4.79 Å². The Morgan fingerprint density at radius 1 is 1.12 bits per heavy atom. The van der Waals surface area contributed by atoms with Gasteiger partial charge in [-0.05, 0) is 35.9 Å². The van der Waals surface area contributed by atoms with Gasteiger partial charge in [-0.15, -0.1) is 0 Å². The fraction of sp³-hybridized carbons (Fsp3) is 0.222. The van der Waals surface area contributed by atoms with Crippen LogP contribution in [0.5, 0.6) is 11.5 Å². The lowest BCUT2D eigenvalue weighted by Crippen LogP contribution is -2.22. The Hall–Kier alpha value is -3.02. The molecule has 1 aromatic heterocycles. The van der Waals surface area contributed by atoms with Crippen molar-refractivity contribution in [1.82, 2.24) is 10.3 Å². The van der Waals surface area contributed by atoms with E-state index in [1.54, 1.807) is 32.2 Å². The number of aryl methyl sites for hydroxylation is 1. The summed E-state index contributed by atoms with van der Waals surface area (Å²) < 4.78 is 15.8. The molecule has 0 aliphatic carbocycles. The lowest BCUT2D eigenvalue weighted by Gasteiger charge is -2.10. The second-order valence-electron chi connectivity index (χ2n) is 5.29. The summed E-state index contributed by atoms with van der Waals surface area (Å²) in [4.78, 5) is 16.6. The molecule has 0 spiro atoms. The molecule has 0 fully saturated rings. The molecule has 124 valence electrons. The maximum Gasteiger partial charge on any atom is 0.251 e. The molecule has 1 N–H and O–H groups in total. The van der Waals surface area contributed by atoms with Gasteiger partial charge < -0.3 is 19.2 Å². The van der Waals surface area contributed by atoms with Crippen LogP contribution in [0.2, 0.25) is 0 Å². The summed E-state index contributed by atoms with van der Waals surface area (Å²) >= 11 is 0. The van der Waals surface area contributed by atoms with Gasteiger partial charge in [-0.3, -0.25) is 4.79 Å². The van der Waals surface area contributed by atoms with Crippen LogP contribution in [0.1, 0.15) is 21.8 Å². The number of rotatable bonds is 5. The Labute approximate surface area is 139 Å². The Balaban J connectivity index is 1.72. The minimum absolute atomic E-state index is 0.188. The number of aromatic nitrogens is 1. The summed E-state index contributed by atoms with van der Waals surface area (Å²) in [6, 6.07) is 10.7. The molecule has 0 aliphatic rings. The Kier molecular flexibility index (Phi) is 4.37. The molecule has 0 unspecified atom stereocenters. The van der Waals surface area contributed by atoms with Crippen LogP contribution in [0.25, 0.3) is 11.1 Å². The number of carbonyl (C=O) groups is 1. The Morgan fingerprint density at radius 2 is 1.92 bits per heavy atom. The molecular formula is C18H18N2O4. The van der Waals surface area contributed by atoms with Gasteiger partial charge in [0.25, 0.3) is 5.91 Å². The zero-order chi connectivity index (χ0) is 17.1. The third-order valence-corrected chi connectivity index (χ3v) is 3.66. The van der Waals surface area contributed by atoms with Crippen LogP contribution < -0.4 is 14.8 Å². The van der Waals surface area contributed by atoms with Crippen molar-refractivity contribution in [1.29, 1.82) is 0 Å². The lowest BCUT2D eigenvalue weighted by molar-refractivity contribution is 0.0950. The zero-order valence-corrected chi connectivity index (χ0v) is 13.8. The molecule has 1 amide bonds. The summed E-state index contributed by atoms with van der Waals surface area (Å²) in [5.41, 5.74) is 2.98. The van der Waals surface area contributed by atoms with E-state index >= 15 is 0 Å². The molecule has 6 nitrogen and oxygen atoms in total. The number of benzene rings is 2. The number of fused-ring (bicyclic) bond motifs is 1. The van der Waals surface area contributed by atoms with Crippen LogP contribution in [0.4, 0.5) is 0 Å². The summed E-state index contributed by atoms with van der Waals surface area (Å²) in [7, 11) is 3.09. The summed E-state index contributed by atoms with van der Waals surface area (Å²) in [5, 5.41) is 2.88. The predicted octanol–water partition coefficient (Wildman–Crippen LogP) is 3.08. The quantitative estimate of drug-likeness (QED) is 0.780. The Bertz CT molecular complexity index is 886. The van der Waals surface area contributed by atoms with E-state index in [-0.39, 0.29) is 5.91 Å². The fourth-order valence-corrected chi connectivity index (χ4v) is 2.46.